The molecule has 1 fully saturated rings. The van der Waals surface area contributed by atoms with Gasteiger partial charge in [0.05, 0.1) is 11.7 Å². The highest BCUT2D eigenvalue weighted by Gasteiger charge is 2.49. The van der Waals surface area contributed by atoms with Crippen molar-refractivity contribution in [2.45, 2.75) is 63.2 Å². The fraction of sp³-hybridized carbons (Fsp3) is 0.588. The Morgan fingerprint density at radius 1 is 1.35 bits per heavy atom. The Labute approximate surface area is 134 Å². The van der Waals surface area contributed by atoms with Crippen molar-refractivity contribution >= 4 is 0 Å². The molecule has 2 atom stereocenters. The summed E-state index contributed by atoms with van der Waals surface area (Å²) in [4.78, 5) is 0. The van der Waals surface area contributed by atoms with Gasteiger partial charge in [0.15, 0.2) is 0 Å². The standard InChI is InChI=1S/C17H22F3N3/c1-12(14-7-9-16(2,21-11-14)17(18,19)20)23-10-8-15(22-23)13-5-3-4-6-13/h7-13,21H,3-6H2,1-2H3. The van der Waals surface area contributed by atoms with Crippen molar-refractivity contribution in [3.05, 3.63) is 41.9 Å². The van der Waals surface area contributed by atoms with E-state index < -0.39 is 11.7 Å². The quantitative estimate of drug-likeness (QED) is 0.889. The molecule has 126 valence electrons. The lowest BCUT2D eigenvalue weighted by molar-refractivity contribution is -0.173. The van der Waals surface area contributed by atoms with Gasteiger partial charge >= 0.3 is 6.18 Å². The van der Waals surface area contributed by atoms with Gasteiger partial charge in [0.2, 0.25) is 0 Å². The molecule has 0 amide bonds. The summed E-state index contributed by atoms with van der Waals surface area (Å²) < 4.78 is 40.8. The summed E-state index contributed by atoms with van der Waals surface area (Å²) >= 11 is 0. The largest absolute Gasteiger partial charge is 0.414 e. The molecular formula is C17H22F3N3. The number of nitrogens with one attached hydrogen (secondary N) is 1. The zero-order chi connectivity index (χ0) is 16.7. The van der Waals surface area contributed by atoms with E-state index in [9.17, 15) is 13.2 Å². The Balaban J connectivity index is 1.72. The van der Waals surface area contributed by atoms with Crippen LogP contribution in [0.4, 0.5) is 13.2 Å². The van der Waals surface area contributed by atoms with Gasteiger partial charge in [-0.25, -0.2) is 0 Å². The zero-order valence-corrected chi connectivity index (χ0v) is 13.4. The van der Waals surface area contributed by atoms with E-state index in [1.807, 2.05) is 23.9 Å². The van der Waals surface area contributed by atoms with Crippen LogP contribution in [0, 0.1) is 0 Å². The highest BCUT2D eigenvalue weighted by Crippen LogP contribution is 2.36. The first-order chi connectivity index (χ1) is 10.8. The SMILES string of the molecule is CC(C1=CNC(C)(C(F)(F)F)C=C1)n1ccc(C2CCCC2)n1. The molecule has 23 heavy (non-hydrogen) atoms. The van der Waals surface area contributed by atoms with E-state index in [2.05, 4.69) is 10.4 Å². The Morgan fingerprint density at radius 2 is 2.04 bits per heavy atom. The summed E-state index contributed by atoms with van der Waals surface area (Å²) in [6.45, 7) is 3.08. The molecule has 2 aliphatic rings. The van der Waals surface area contributed by atoms with Gasteiger partial charge in [0.25, 0.3) is 0 Å². The minimum atomic E-state index is -4.32. The van der Waals surface area contributed by atoms with Crippen molar-refractivity contribution in [3.8, 4) is 0 Å². The van der Waals surface area contributed by atoms with Crippen LogP contribution in [0.25, 0.3) is 0 Å². The first-order valence-corrected chi connectivity index (χ1v) is 8.09. The van der Waals surface area contributed by atoms with E-state index >= 15 is 0 Å². The van der Waals surface area contributed by atoms with Gasteiger partial charge in [-0.15, -0.1) is 0 Å². The third kappa shape index (κ3) is 3.03. The third-order valence-electron chi connectivity index (χ3n) is 5.02. The maximum atomic E-state index is 13.0. The van der Waals surface area contributed by atoms with Crippen LogP contribution in [0.15, 0.2) is 36.2 Å². The molecule has 0 aromatic carbocycles. The molecule has 1 N–H and O–H groups in total. The summed E-state index contributed by atoms with van der Waals surface area (Å²) in [7, 11) is 0. The minimum Gasteiger partial charge on any atom is -0.374 e. The molecule has 1 aliphatic carbocycles. The first kappa shape index (κ1) is 16.1. The fourth-order valence-corrected chi connectivity index (χ4v) is 3.19. The maximum absolute atomic E-state index is 13.0. The van der Waals surface area contributed by atoms with Crippen molar-refractivity contribution in [1.29, 1.82) is 0 Å². The highest BCUT2D eigenvalue weighted by atomic mass is 19.4. The average molecular weight is 325 g/mol. The first-order valence-electron chi connectivity index (χ1n) is 8.09. The van der Waals surface area contributed by atoms with Crippen LogP contribution < -0.4 is 5.32 Å². The normalized spacial score (nSPS) is 26.9. The second-order valence-electron chi connectivity index (χ2n) is 6.70. The number of halogens is 3. The number of rotatable bonds is 3. The van der Waals surface area contributed by atoms with Gasteiger partial charge in [-0.2, -0.15) is 18.3 Å². The summed E-state index contributed by atoms with van der Waals surface area (Å²) in [5.74, 6) is 0.533. The second kappa shape index (κ2) is 5.73. The summed E-state index contributed by atoms with van der Waals surface area (Å²) in [5.41, 5.74) is -0.120. The van der Waals surface area contributed by atoms with Gasteiger partial charge in [-0.1, -0.05) is 25.0 Å². The molecule has 0 bridgehead atoms. The highest BCUT2D eigenvalue weighted by molar-refractivity contribution is 5.31. The molecule has 1 aromatic rings. The topological polar surface area (TPSA) is 29.9 Å². The van der Waals surface area contributed by atoms with E-state index in [1.165, 1.54) is 38.0 Å². The number of hydrogen-bond acceptors (Lipinski definition) is 2. The summed E-state index contributed by atoms with van der Waals surface area (Å²) in [5, 5.41) is 7.13. The van der Waals surface area contributed by atoms with E-state index in [0.717, 1.165) is 18.2 Å². The molecular weight excluding hydrogens is 303 g/mol. The van der Waals surface area contributed by atoms with Crippen molar-refractivity contribution in [2.24, 2.45) is 0 Å². The second-order valence-corrected chi connectivity index (χ2v) is 6.70. The summed E-state index contributed by atoms with van der Waals surface area (Å²) in [6, 6.07) is 1.93. The zero-order valence-electron chi connectivity index (χ0n) is 13.4. The Hall–Kier alpha value is -1.72. The van der Waals surface area contributed by atoms with Crippen LogP contribution in [0.2, 0.25) is 0 Å². The number of aromatic nitrogens is 2. The predicted molar refractivity (Wildman–Crippen MR) is 83.0 cm³/mol. The number of allylic oxidation sites excluding steroid dienone is 2. The molecule has 0 radical (unpaired) electrons. The van der Waals surface area contributed by atoms with E-state index in [-0.39, 0.29) is 6.04 Å². The smallest absolute Gasteiger partial charge is 0.374 e. The Bertz CT molecular complexity index is 623. The van der Waals surface area contributed by atoms with Crippen molar-refractivity contribution in [3.63, 3.8) is 0 Å². The van der Waals surface area contributed by atoms with Crippen LogP contribution in [0.1, 0.15) is 57.2 Å². The minimum absolute atomic E-state index is 0.105. The molecule has 2 heterocycles. The third-order valence-corrected chi connectivity index (χ3v) is 5.02. The molecule has 0 saturated heterocycles. The number of dihydropyridines is 1. The number of hydrogen-bond donors (Lipinski definition) is 1. The van der Waals surface area contributed by atoms with E-state index in [4.69, 9.17) is 0 Å². The lowest BCUT2D eigenvalue weighted by Crippen LogP contribution is -2.52. The Morgan fingerprint density at radius 3 is 2.61 bits per heavy atom. The van der Waals surface area contributed by atoms with Crippen LogP contribution in [0.5, 0.6) is 0 Å². The molecule has 3 nitrogen and oxygen atoms in total. The predicted octanol–water partition coefficient (Wildman–Crippen LogP) is 4.47. The molecule has 3 rings (SSSR count). The van der Waals surface area contributed by atoms with Gasteiger partial charge in [0, 0.05) is 18.3 Å². The summed E-state index contributed by atoms with van der Waals surface area (Å²) in [6.07, 6.45) is 6.64. The van der Waals surface area contributed by atoms with Crippen LogP contribution in [0.3, 0.4) is 0 Å². The van der Waals surface area contributed by atoms with Gasteiger partial charge in [0.1, 0.15) is 5.54 Å². The number of alkyl halides is 3. The van der Waals surface area contributed by atoms with Crippen molar-refractivity contribution in [2.75, 3.05) is 0 Å². The number of nitrogens with zero attached hydrogens (tertiary/aromatic N) is 2. The lowest BCUT2D eigenvalue weighted by Gasteiger charge is -2.33. The fourth-order valence-electron chi connectivity index (χ4n) is 3.19. The van der Waals surface area contributed by atoms with Crippen LogP contribution in [-0.4, -0.2) is 21.5 Å². The van der Waals surface area contributed by atoms with Gasteiger partial charge < -0.3 is 5.32 Å². The Kier molecular flexibility index (Phi) is 4.02. The molecule has 0 spiro atoms. The maximum Gasteiger partial charge on any atom is 0.414 e. The molecule has 6 heteroatoms. The van der Waals surface area contributed by atoms with Crippen molar-refractivity contribution in [1.82, 2.24) is 15.1 Å². The van der Waals surface area contributed by atoms with Gasteiger partial charge in [-0.05, 0) is 38.3 Å². The molecule has 1 aliphatic heterocycles. The molecule has 1 aromatic heterocycles. The van der Waals surface area contributed by atoms with E-state index in [1.54, 1.807) is 6.08 Å². The van der Waals surface area contributed by atoms with Gasteiger partial charge in [-0.3, -0.25) is 4.68 Å². The van der Waals surface area contributed by atoms with Crippen LogP contribution in [-0.2, 0) is 0 Å². The average Bonchev–Trinajstić information content (AvgIpc) is 3.17. The lowest BCUT2D eigenvalue weighted by atomic mass is 9.95. The molecule has 2 unspecified atom stereocenters. The van der Waals surface area contributed by atoms with E-state index in [0.29, 0.717) is 5.92 Å². The monoisotopic (exact) mass is 325 g/mol. The molecule has 1 saturated carbocycles. The van der Waals surface area contributed by atoms with Crippen LogP contribution >= 0.6 is 0 Å². The van der Waals surface area contributed by atoms with Crippen molar-refractivity contribution < 1.29 is 13.2 Å².